The Morgan fingerprint density at radius 1 is 1.33 bits per heavy atom. The molecule has 6 heteroatoms. The van der Waals surface area contributed by atoms with Crippen molar-refractivity contribution in [3.8, 4) is 0 Å². The molecule has 0 saturated heterocycles. The molecule has 0 unspecified atom stereocenters. The largest absolute Gasteiger partial charge is 0.417 e. The Morgan fingerprint density at radius 2 is 2.07 bits per heavy atom. The van der Waals surface area contributed by atoms with Crippen molar-refractivity contribution in [3.05, 3.63) is 35.8 Å². The zero-order valence-corrected chi connectivity index (χ0v) is 7.62. The highest BCUT2D eigenvalue weighted by Crippen LogP contribution is 2.29. The maximum atomic E-state index is 12.4. The summed E-state index contributed by atoms with van der Waals surface area (Å²) in [7, 11) is 0. The van der Waals surface area contributed by atoms with Gasteiger partial charge in [-0.25, -0.2) is 4.98 Å². The first kappa shape index (κ1) is 9.97. The summed E-state index contributed by atoms with van der Waals surface area (Å²) in [6.45, 7) is 0.155. The summed E-state index contributed by atoms with van der Waals surface area (Å²) in [6.07, 6.45) is -1.87. The third-order valence-electron chi connectivity index (χ3n) is 2.12. The Labute approximate surface area is 83.3 Å². The SMILES string of the molecule is NCc1cnc2ccc(C(F)(F)F)cn12. The predicted molar refractivity (Wildman–Crippen MR) is 48.1 cm³/mol. The first-order valence-corrected chi connectivity index (χ1v) is 4.25. The Hall–Kier alpha value is -1.56. The van der Waals surface area contributed by atoms with Gasteiger partial charge in [0, 0.05) is 12.7 Å². The fourth-order valence-corrected chi connectivity index (χ4v) is 1.35. The van der Waals surface area contributed by atoms with Crippen LogP contribution in [0.2, 0.25) is 0 Å². The second-order valence-electron chi connectivity index (χ2n) is 3.10. The topological polar surface area (TPSA) is 43.3 Å². The van der Waals surface area contributed by atoms with Gasteiger partial charge in [0.2, 0.25) is 0 Å². The molecule has 0 saturated carbocycles. The van der Waals surface area contributed by atoms with Gasteiger partial charge in [0.15, 0.2) is 0 Å². The van der Waals surface area contributed by atoms with Gasteiger partial charge in [0.25, 0.3) is 0 Å². The van der Waals surface area contributed by atoms with Crippen LogP contribution in [0.3, 0.4) is 0 Å². The van der Waals surface area contributed by atoms with Crippen molar-refractivity contribution in [3.63, 3.8) is 0 Å². The van der Waals surface area contributed by atoms with Crippen molar-refractivity contribution in [2.75, 3.05) is 0 Å². The third kappa shape index (κ3) is 1.68. The summed E-state index contributed by atoms with van der Waals surface area (Å²) < 4.78 is 38.5. The van der Waals surface area contributed by atoms with Crippen LogP contribution in [0.1, 0.15) is 11.3 Å². The number of hydrogen-bond acceptors (Lipinski definition) is 2. The second-order valence-corrected chi connectivity index (χ2v) is 3.10. The molecule has 2 aromatic rings. The Balaban J connectivity index is 2.63. The number of rotatable bonds is 1. The first-order chi connectivity index (χ1) is 7.02. The van der Waals surface area contributed by atoms with E-state index in [1.165, 1.54) is 16.7 Å². The third-order valence-corrected chi connectivity index (χ3v) is 2.12. The number of alkyl halides is 3. The molecule has 80 valence electrons. The zero-order chi connectivity index (χ0) is 11.1. The smallest absolute Gasteiger partial charge is 0.325 e. The van der Waals surface area contributed by atoms with Gasteiger partial charge in [0.05, 0.1) is 17.5 Å². The molecule has 0 aliphatic rings. The minimum absolute atomic E-state index is 0.155. The number of aromatic nitrogens is 2. The molecular weight excluding hydrogens is 207 g/mol. The van der Waals surface area contributed by atoms with Crippen molar-refractivity contribution < 1.29 is 13.2 Å². The number of imidazole rings is 1. The molecule has 3 nitrogen and oxygen atoms in total. The van der Waals surface area contributed by atoms with E-state index in [9.17, 15) is 13.2 Å². The Kier molecular flexibility index (Phi) is 2.15. The van der Waals surface area contributed by atoms with Gasteiger partial charge in [-0.15, -0.1) is 0 Å². The van der Waals surface area contributed by atoms with E-state index in [4.69, 9.17) is 5.73 Å². The Bertz CT molecular complexity index is 487. The van der Waals surface area contributed by atoms with Crippen LogP contribution in [-0.4, -0.2) is 9.38 Å². The minimum atomic E-state index is -4.34. The molecular formula is C9H8F3N3. The van der Waals surface area contributed by atoms with E-state index in [1.807, 2.05) is 0 Å². The highest BCUT2D eigenvalue weighted by molar-refractivity contribution is 5.42. The van der Waals surface area contributed by atoms with E-state index in [0.29, 0.717) is 11.3 Å². The lowest BCUT2D eigenvalue weighted by molar-refractivity contribution is -0.137. The quantitative estimate of drug-likeness (QED) is 0.788. The molecule has 0 aliphatic heterocycles. The molecule has 0 atom stereocenters. The summed E-state index contributed by atoms with van der Waals surface area (Å²) in [5.41, 5.74) is 5.69. The average molecular weight is 215 g/mol. The molecule has 0 amide bonds. The molecule has 2 aromatic heterocycles. The lowest BCUT2D eigenvalue weighted by atomic mass is 10.3. The van der Waals surface area contributed by atoms with Crippen LogP contribution < -0.4 is 5.73 Å². The summed E-state index contributed by atoms with van der Waals surface area (Å²) in [4.78, 5) is 3.93. The van der Waals surface area contributed by atoms with Crippen molar-refractivity contribution in [2.24, 2.45) is 5.73 Å². The number of pyridine rings is 1. The van der Waals surface area contributed by atoms with E-state index in [0.717, 1.165) is 12.3 Å². The van der Waals surface area contributed by atoms with Gasteiger partial charge < -0.3 is 10.1 Å². The average Bonchev–Trinajstić information content (AvgIpc) is 2.57. The minimum Gasteiger partial charge on any atom is -0.325 e. The standard InChI is InChI=1S/C9H8F3N3/c10-9(11,12)6-1-2-8-14-4-7(3-13)15(8)5-6/h1-2,4-5H,3,13H2. The van der Waals surface area contributed by atoms with Gasteiger partial charge in [0.1, 0.15) is 5.65 Å². The normalized spacial score (nSPS) is 12.3. The van der Waals surface area contributed by atoms with E-state index in [1.54, 1.807) is 0 Å². The van der Waals surface area contributed by atoms with Gasteiger partial charge >= 0.3 is 6.18 Å². The van der Waals surface area contributed by atoms with Crippen LogP contribution in [0.15, 0.2) is 24.5 Å². The molecule has 2 N–H and O–H groups in total. The Morgan fingerprint density at radius 3 is 2.67 bits per heavy atom. The lowest BCUT2D eigenvalue weighted by Gasteiger charge is -2.07. The number of fused-ring (bicyclic) bond motifs is 1. The van der Waals surface area contributed by atoms with Crippen LogP contribution in [0, 0.1) is 0 Å². The van der Waals surface area contributed by atoms with Crippen LogP contribution >= 0.6 is 0 Å². The van der Waals surface area contributed by atoms with E-state index >= 15 is 0 Å². The molecule has 0 aliphatic carbocycles. The maximum Gasteiger partial charge on any atom is 0.417 e. The van der Waals surface area contributed by atoms with Crippen molar-refractivity contribution in [2.45, 2.75) is 12.7 Å². The molecule has 0 bridgehead atoms. The van der Waals surface area contributed by atoms with E-state index in [-0.39, 0.29) is 6.54 Å². The van der Waals surface area contributed by atoms with Crippen LogP contribution in [0.25, 0.3) is 5.65 Å². The van der Waals surface area contributed by atoms with Crippen molar-refractivity contribution >= 4 is 5.65 Å². The number of nitrogens with two attached hydrogens (primary N) is 1. The van der Waals surface area contributed by atoms with E-state index < -0.39 is 11.7 Å². The summed E-state index contributed by atoms with van der Waals surface area (Å²) in [6, 6.07) is 2.32. The molecule has 0 aromatic carbocycles. The highest BCUT2D eigenvalue weighted by Gasteiger charge is 2.30. The fraction of sp³-hybridized carbons (Fsp3) is 0.222. The van der Waals surface area contributed by atoms with Crippen LogP contribution in [-0.2, 0) is 12.7 Å². The van der Waals surface area contributed by atoms with Crippen LogP contribution in [0.5, 0.6) is 0 Å². The lowest BCUT2D eigenvalue weighted by Crippen LogP contribution is -2.08. The number of nitrogens with zero attached hydrogens (tertiary/aromatic N) is 2. The molecule has 0 spiro atoms. The van der Waals surface area contributed by atoms with E-state index in [2.05, 4.69) is 4.98 Å². The maximum absolute atomic E-state index is 12.4. The molecule has 2 heterocycles. The monoisotopic (exact) mass is 215 g/mol. The summed E-state index contributed by atoms with van der Waals surface area (Å²) in [5, 5.41) is 0. The highest BCUT2D eigenvalue weighted by atomic mass is 19.4. The molecule has 0 fully saturated rings. The molecule has 15 heavy (non-hydrogen) atoms. The van der Waals surface area contributed by atoms with Crippen LogP contribution in [0.4, 0.5) is 13.2 Å². The zero-order valence-electron chi connectivity index (χ0n) is 7.62. The number of hydrogen-bond donors (Lipinski definition) is 1. The summed E-state index contributed by atoms with van der Waals surface area (Å²) in [5.74, 6) is 0. The van der Waals surface area contributed by atoms with Crippen molar-refractivity contribution in [1.29, 1.82) is 0 Å². The second kappa shape index (κ2) is 3.23. The van der Waals surface area contributed by atoms with Gasteiger partial charge in [-0.2, -0.15) is 13.2 Å². The fourth-order valence-electron chi connectivity index (χ4n) is 1.35. The molecule has 0 radical (unpaired) electrons. The van der Waals surface area contributed by atoms with Gasteiger partial charge in [-0.3, -0.25) is 0 Å². The van der Waals surface area contributed by atoms with Gasteiger partial charge in [-0.05, 0) is 12.1 Å². The first-order valence-electron chi connectivity index (χ1n) is 4.25. The predicted octanol–water partition coefficient (Wildman–Crippen LogP) is 1.81. The van der Waals surface area contributed by atoms with Crippen molar-refractivity contribution in [1.82, 2.24) is 9.38 Å². The molecule has 2 rings (SSSR count). The number of halogens is 3. The van der Waals surface area contributed by atoms with Gasteiger partial charge in [-0.1, -0.05) is 0 Å². The summed E-state index contributed by atoms with van der Waals surface area (Å²) >= 11 is 0.